The van der Waals surface area contributed by atoms with Crippen molar-refractivity contribution in [3.8, 4) is 0 Å². The van der Waals surface area contributed by atoms with E-state index in [4.69, 9.17) is 0 Å². The summed E-state index contributed by atoms with van der Waals surface area (Å²) < 4.78 is 0. The number of hydrogen-bond acceptors (Lipinski definition) is 5. The molecule has 0 aliphatic carbocycles. The maximum atomic E-state index is 11.0. The molecular formula is C13H11N5O2. The number of imidazole rings is 1. The van der Waals surface area contributed by atoms with Gasteiger partial charge in [0, 0.05) is 35.7 Å². The van der Waals surface area contributed by atoms with Crippen LogP contribution < -0.4 is 5.32 Å². The van der Waals surface area contributed by atoms with Gasteiger partial charge in [0.25, 0.3) is 5.69 Å². The number of non-ortho nitro benzene ring substituents is 1. The van der Waals surface area contributed by atoms with Crippen molar-refractivity contribution in [2.45, 2.75) is 6.54 Å². The predicted octanol–water partition coefficient (Wildman–Crippen LogP) is 2.48. The number of benzene rings is 1. The first-order chi connectivity index (χ1) is 9.75. The molecular weight excluding hydrogens is 258 g/mol. The molecule has 1 aromatic carbocycles. The average molecular weight is 269 g/mol. The third-order valence-electron chi connectivity index (χ3n) is 2.95. The molecule has 100 valence electrons. The van der Waals surface area contributed by atoms with Crippen LogP contribution in [0.3, 0.4) is 0 Å². The van der Waals surface area contributed by atoms with Crippen LogP contribution in [0.25, 0.3) is 10.9 Å². The minimum atomic E-state index is -0.425. The van der Waals surface area contributed by atoms with Gasteiger partial charge < -0.3 is 10.3 Å². The molecule has 0 amide bonds. The van der Waals surface area contributed by atoms with Crippen LogP contribution in [0.4, 0.5) is 11.4 Å². The zero-order chi connectivity index (χ0) is 13.9. The van der Waals surface area contributed by atoms with Crippen molar-refractivity contribution in [3.05, 3.63) is 58.8 Å². The van der Waals surface area contributed by atoms with Crippen molar-refractivity contribution in [2.24, 2.45) is 0 Å². The van der Waals surface area contributed by atoms with E-state index in [1.165, 1.54) is 6.07 Å². The Bertz CT molecular complexity index is 755. The SMILES string of the molecule is O=[N+]([O-])c1cccc2c(NCc3ncc[nH]3)ccnc12. The summed E-state index contributed by atoms with van der Waals surface area (Å²) in [5.74, 6) is 0.792. The van der Waals surface area contributed by atoms with Crippen LogP contribution in [0.1, 0.15) is 5.82 Å². The van der Waals surface area contributed by atoms with E-state index in [1.807, 2.05) is 0 Å². The molecule has 0 unspecified atom stereocenters. The van der Waals surface area contributed by atoms with Crippen molar-refractivity contribution >= 4 is 22.3 Å². The number of nitro groups is 1. The molecule has 0 atom stereocenters. The van der Waals surface area contributed by atoms with Gasteiger partial charge in [0.05, 0.1) is 11.5 Å². The smallest absolute Gasteiger partial charge is 0.295 e. The Hall–Kier alpha value is -2.96. The minimum absolute atomic E-state index is 0.00384. The van der Waals surface area contributed by atoms with E-state index in [9.17, 15) is 10.1 Å². The zero-order valence-electron chi connectivity index (χ0n) is 10.4. The van der Waals surface area contributed by atoms with Crippen LogP contribution in [0.5, 0.6) is 0 Å². The number of nitro benzene ring substituents is 1. The number of aromatic nitrogens is 3. The van der Waals surface area contributed by atoms with E-state index in [0.29, 0.717) is 17.4 Å². The second kappa shape index (κ2) is 4.96. The van der Waals surface area contributed by atoms with Gasteiger partial charge in [-0.25, -0.2) is 9.97 Å². The van der Waals surface area contributed by atoms with E-state index in [-0.39, 0.29) is 5.69 Å². The molecule has 0 radical (unpaired) electrons. The standard InChI is InChI=1S/C13H11N5O2/c19-18(20)11-3-1-2-9-10(4-5-16-13(9)11)17-8-12-14-6-7-15-12/h1-7H,8H2,(H,14,15)(H,16,17). The summed E-state index contributed by atoms with van der Waals surface area (Å²) in [5.41, 5.74) is 1.17. The predicted molar refractivity (Wildman–Crippen MR) is 74.3 cm³/mol. The number of nitrogens with one attached hydrogen (secondary N) is 2. The summed E-state index contributed by atoms with van der Waals surface area (Å²) in [5, 5.41) is 14.9. The van der Waals surface area contributed by atoms with E-state index < -0.39 is 4.92 Å². The van der Waals surface area contributed by atoms with Crippen LogP contribution in [0.2, 0.25) is 0 Å². The van der Waals surface area contributed by atoms with Crippen molar-refractivity contribution < 1.29 is 4.92 Å². The quantitative estimate of drug-likeness (QED) is 0.560. The molecule has 7 heteroatoms. The first-order valence-electron chi connectivity index (χ1n) is 6.00. The van der Waals surface area contributed by atoms with E-state index >= 15 is 0 Å². The number of para-hydroxylation sites is 1. The maximum Gasteiger partial charge on any atom is 0.295 e. The maximum absolute atomic E-state index is 11.0. The molecule has 0 bridgehead atoms. The van der Waals surface area contributed by atoms with Crippen molar-refractivity contribution in [1.29, 1.82) is 0 Å². The lowest BCUT2D eigenvalue weighted by Crippen LogP contribution is -2.02. The lowest BCUT2D eigenvalue weighted by atomic mass is 10.1. The van der Waals surface area contributed by atoms with Crippen LogP contribution >= 0.6 is 0 Å². The molecule has 2 heterocycles. The van der Waals surface area contributed by atoms with Crippen LogP contribution in [-0.4, -0.2) is 19.9 Å². The lowest BCUT2D eigenvalue weighted by Gasteiger charge is -2.08. The molecule has 7 nitrogen and oxygen atoms in total. The van der Waals surface area contributed by atoms with Gasteiger partial charge in [0.1, 0.15) is 11.3 Å². The second-order valence-electron chi connectivity index (χ2n) is 4.18. The summed E-state index contributed by atoms with van der Waals surface area (Å²) in [7, 11) is 0. The molecule has 3 rings (SSSR count). The molecule has 2 N–H and O–H groups in total. The van der Waals surface area contributed by atoms with Gasteiger partial charge in [-0.1, -0.05) is 12.1 Å². The topological polar surface area (TPSA) is 96.7 Å². The van der Waals surface area contributed by atoms with Crippen LogP contribution in [0, 0.1) is 10.1 Å². The number of fused-ring (bicyclic) bond motifs is 1. The third kappa shape index (κ3) is 2.16. The van der Waals surface area contributed by atoms with Crippen molar-refractivity contribution in [3.63, 3.8) is 0 Å². The Labute approximate surface area is 113 Å². The number of pyridine rings is 1. The second-order valence-corrected chi connectivity index (χ2v) is 4.18. The summed E-state index contributed by atoms with van der Waals surface area (Å²) in [6, 6.07) is 6.70. The Morgan fingerprint density at radius 3 is 2.90 bits per heavy atom. The normalized spacial score (nSPS) is 10.6. The number of aromatic amines is 1. The van der Waals surface area contributed by atoms with Gasteiger partial charge in [0.15, 0.2) is 0 Å². The lowest BCUT2D eigenvalue weighted by molar-refractivity contribution is -0.383. The highest BCUT2D eigenvalue weighted by molar-refractivity contribution is 5.96. The van der Waals surface area contributed by atoms with Gasteiger partial charge >= 0.3 is 0 Å². The van der Waals surface area contributed by atoms with E-state index in [1.54, 1.807) is 36.8 Å². The van der Waals surface area contributed by atoms with Gasteiger partial charge in [-0.3, -0.25) is 10.1 Å². The third-order valence-corrected chi connectivity index (χ3v) is 2.95. The number of nitrogens with zero attached hydrogens (tertiary/aromatic N) is 3. The summed E-state index contributed by atoms with van der Waals surface area (Å²) in [6.45, 7) is 0.509. The Morgan fingerprint density at radius 1 is 1.25 bits per heavy atom. The highest BCUT2D eigenvalue weighted by atomic mass is 16.6. The molecule has 20 heavy (non-hydrogen) atoms. The first kappa shape index (κ1) is 12.1. The fraction of sp³-hybridized carbons (Fsp3) is 0.0769. The molecule has 0 saturated heterocycles. The highest BCUT2D eigenvalue weighted by Crippen LogP contribution is 2.28. The Morgan fingerprint density at radius 2 is 2.15 bits per heavy atom. The Kier molecular flexibility index (Phi) is 3.00. The number of hydrogen-bond donors (Lipinski definition) is 2. The van der Waals surface area contributed by atoms with Crippen LogP contribution in [0.15, 0.2) is 42.9 Å². The molecule has 0 aliphatic heterocycles. The highest BCUT2D eigenvalue weighted by Gasteiger charge is 2.14. The van der Waals surface area contributed by atoms with Crippen molar-refractivity contribution in [1.82, 2.24) is 15.0 Å². The Balaban J connectivity index is 1.99. The molecule has 0 spiro atoms. The van der Waals surface area contributed by atoms with Crippen molar-refractivity contribution in [2.75, 3.05) is 5.32 Å². The molecule has 0 aliphatic rings. The zero-order valence-corrected chi connectivity index (χ0v) is 10.4. The molecule has 0 saturated carbocycles. The van der Waals surface area contributed by atoms with Crippen LogP contribution in [-0.2, 0) is 6.54 Å². The summed E-state index contributed by atoms with van der Waals surface area (Å²) in [6.07, 6.45) is 4.97. The fourth-order valence-electron chi connectivity index (χ4n) is 2.04. The fourth-order valence-corrected chi connectivity index (χ4v) is 2.04. The average Bonchev–Trinajstić information content (AvgIpc) is 2.97. The number of H-pyrrole nitrogens is 1. The monoisotopic (exact) mass is 269 g/mol. The van der Waals surface area contributed by atoms with E-state index in [0.717, 1.165) is 11.5 Å². The number of anilines is 1. The largest absolute Gasteiger partial charge is 0.377 e. The van der Waals surface area contributed by atoms with E-state index in [2.05, 4.69) is 20.3 Å². The summed E-state index contributed by atoms with van der Waals surface area (Å²) in [4.78, 5) is 21.8. The molecule has 3 aromatic rings. The molecule has 2 aromatic heterocycles. The van der Waals surface area contributed by atoms with Gasteiger partial charge in [-0.2, -0.15) is 0 Å². The molecule has 0 fully saturated rings. The number of rotatable bonds is 4. The van der Waals surface area contributed by atoms with Gasteiger partial charge in [-0.05, 0) is 6.07 Å². The first-order valence-corrected chi connectivity index (χ1v) is 6.00. The van der Waals surface area contributed by atoms with Gasteiger partial charge in [0.2, 0.25) is 0 Å². The van der Waals surface area contributed by atoms with Gasteiger partial charge in [-0.15, -0.1) is 0 Å². The summed E-state index contributed by atoms with van der Waals surface area (Å²) >= 11 is 0. The minimum Gasteiger partial charge on any atom is -0.377 e.